The van der Waals surface area contributed by atoms with Crippen molar-refractivity contribution in [1.82, 2.24) is 0 Å². The van der Waals surface area contributed by atoms with Gasteiger partial charge in [0.25, 0.3) is 0 Å². The molecule has 0 aliphatic carbocycles. The van der Waals surface area contributed by atoms with Gasteiger partial charge in [-0.15, -0.1) is 0 Å². The Hall–Kier alpha value is 2.28. The molecule has 0 unspecified atom stereocenters. The molecule has 0 saturated carbocycles. The molecule has 0 amide bonds. The van der Waals surface area contributed by atoms with E-state index < -0.39 is 0 Å². The summed E-state index contributed by atoms with van der Waals surface area (Å²) in [5.41, 5.74) is 1.50. The third-order valence-electron chi connectivity index (χ3n) is 3.39. The fourth-order valence-corrected chi connectivity index (χ4v) is 19.1. The van der Waals surface area contributed by atoms with Gasteiger partial charge in [-0.2, -0.15) is 0 Å². The minimum absolute atomic E-state index is 0.554. The molecule has 5 aliphatic heterocycles. The second-order valence-electron chi connectivity index (χ2n) is 5.13. The van der Waals surface area contributed by atoms with E-state index in [9.17, 15) is 0 Å². The Bertz CT molecular complexity index is 716. The van der Waals surface area contributed by atoms with E-state index in [4.69, 9.17) is 0 Å². The number of rotatable bonds is 2. The third kappa shape index (κ3) is 4.78. The van der Waals surface area contributed by atoms with E-state index in [2.05, 4.69) is 22.1 Å². The van der Waals surface area contributed by atoms with E-state index in [1.807, 2.05) is 94.1 Å². The zero-order chi connectivity index (χ0) is 17.3. The Balaban J connectivity index is 1.39. The Labute approximate surface area is 201 Å². The van der Waals surface area contributed by atoms with Gasteiger partial charge in [-0.05, 0) is 0 Å². The van der Waals surface area contributed by atoms with E-state index in [1.165, 1.54) is 37.1 Å². The van der Waals surface area contributed by atoms with Crippen LogP contribution in [0.1, 0.15) is 0 Å². The van der Waals surface area contributed by atoms with Gasteiger partial charge in [0, 0.05) is 0 Å². The van der Waals surface area contributed by atoms with Crippen molar-refractivity contribution in [1.29, 1.82) is 0 Å². The van der Waals surface area contributed by atoms with Crippen molar-refractivity contribution in [3.63, 3.8) is 0 Å². The van der Waals surface area contributed by atoms with Gasteiger partial charge < -0.3 is 0 Å². The van der Waals surface area contributed by atoms with Crippen molar-refractivity contribution < 1.29 is 0 Å². The number of thioether (sulfide) groups is 8. The number of allylic oxidation sites excluding steroid dienone is 3. The molecule has 0 saturated heterocycles. The van der Waals surface area contributed by atoms with Crippen LogP contribution in [-0.4, -0.2) is 52.9 Å². The van der Waals surface area contributed by atoms with Crippen LogP contribution < -0.4 is 0 Å². The van der Waals surface area contributed by atoms with Crippen LogP contribution in [0.15, 0.2) is 56.5 Å². The molecule has 10 heteroatoms. The van der Waals surface area contributed by atoms with Gasteiger partial charge >= 0.3 is 203 Å². The third-order valence-corrected chi connectivity index (χ3v) is 20.7. The topological polar surface area (TPSA) is 0 Å². The summed E-state index contributed by atoms with van der Waals surface area (Å²) in [6, 6.07) is 0. The molecule has 0 fully saturated rings. The van der Waals surface area contributed by atoms with Crippen molar-refractivity contribution in [3.8, 4) is 0 Å². The molecule has 0 atom stereocenters. The minimum atomic E-state index is 0.554. The van der Waals surface area contributed by atoms with Gasteiger partial charge in [0.05, 0.1) is 0 Å². The number of hydrogen-bond acceptors (Lipinski definition) is 8. The van der Waals surface area contributed by atoms with E-state index in [-0.39, 0.29) is 0 Å². The molecule has 0 bridgehead atoms. The fraction of sp³-hybridized carbons (Fsp3) is 0.250. The second kappa shape index (κ2) is 9.61. The first-order chi connectivity index (χ1) is 12.8. The van der Waals surface area contributed by atoms with Crippen molar-refractivity contribution in [2.24, 2.45) is 0 Å². The molecule has 0 nitrogen and oxygen atoms in total. The average molecular weight is 619 g/mol. The maximum atomic E-state index is 2.49. The van der Waals surface area contributed by atoms with Gasteiger partial charge in [0.15, 0.2) is 0 Å². The van der Waals surface area contributed by atoms with Crippen LogP contribution in [0.4, 0.5) is 0 Å². The first-order valence-corrected chi connectivity index (χ1v) is 18.6. The Morgan fingerprint density at radius 2 is 1.04 bits per heavy atom. The summed E-state index contributed by atoms with van der Waals surface area (Å²) in [5.74, 6) is 5.05. The molecule has 0 aromatic rings. The molecular weight excluding hydrogens is 607 g/mol. The van der Waals surface area contributed by atoms with E-state index in [0.717, 1.165) is 0 Å². The molecule has 0 aromatic heterocycles. The van der Waals surface area contributed by atoms with E-state index in [1.54, 1.807) is 20.3 Å². The van der Waals surface area contributed by atoms with Gasteiger partial charge in [-0.3, -0.25) is 0 Å². The van der Waals surface area contributed by atoms with Gasteiger partial charge in [0.2, 0.25) is 0 Å². The first-order valence-electron chi connectivity index (χ1n) is 7.72. The zero-order valence-electron chi connectivity index (χ0n) is 13.2. The molecule has 5 aliphatic rings. The maximum absolute atomic E-state index is 2.49. The summed E-state index contributed by atoms with van der Waals surface area (Å²) < 4.78 is 10.8. The van der Waals surface area contributed by atoms with E-state index >= 15 is 0 Å². The van der Waals surface area contributed by atoms with Gasteiger partial charge in [0.1, 0.15) is 0 Å². The van der Waals surface area contributed by atoms with Crippen LogP contribution in [0.5, 0.6) is 0 Å². The second-order valence-corrected chi connectivity index (χ2v) is 20.5. The molecular formula is C16H12S8Se2. The molecule has 136 valence electrons. The van der Waals surface area contributed by atoms with Gasteiger partial charge in [-0.25, -0.2) is 0 Å². The molecule has 5 rings (SSSR count). The van der Waals surface area contributed by atoms with Crippen LogP contribution in [0.25, 0.3) is 0 Å². The molecule has 26 heavy (non-hydrogen) atoms. The van der Waals surface area contributed by atoms with E-state index in [0.29, 0.717) is 29.9 Å². The van der Waals surface area contributed by atoms with Crippen LogP contribution in [0, 0.1) is 0 Å². The van der Waals surface area contributed by atoms with Crippen LogP contribution in [-0.2, 0) is 0 Å². The predicted molar refractivity (Wildman–Crippen MR) is 138 cm³/mol. The first kappa shape index (κ1) is 20.2. The normalized spacial score (nSPS) is 25.2. The predicted octanol–water partition coefficient (Wildman–Crippen LogP) is 6.95. The fourth-order valence-electron chi connectivity index (χ4n) is 2.34. The molecule has 0 spiro atoms. The Kier molecular flexibility index (Phi) is 7.46. The van der Waals surface area contributed by atoms with Crippen molar-refractivity contribution in [3.05, 3.63) is 56.5 Å². The SMILES string of the molecule is C1=C[Se]C(=C(C=C2SC3=C(SCCS3)S2)C=C2SC3=C(SCCS3)S2)[Se]1. The Morgan fingerprint density at radius 3 is 1.42 bits per heavy atom. The van der Waals surface area contributed by atoms with Crippen molar-refractivity contribution >= 4 is 124 Å². The standard InChI is InChI=1S/C16H12S8Se2/c1-2-18-13-12(17-1)21-10(22-13)7-9(16-25-5-6-26-16)8-11-23-14-15(24-11)20-4-3-19-14/h5-8H,1-4H2. The van der Waals surface area contributed by atoms with Crippen molar-refractivity contribution in [2.75, 3.05) is 23.0 Å². The summed E-state index contributed by atoms with van der Waals surface area (Å²) in [6.07, 6.45) is 4.98. The monoisotopic (exact) mass is 620 g/mol. The molecule has 0 aromatic carbocycles. The summed E-state index contributed by atoms with van der Waals surface area (Å²) in [7, 11) is 0. The van der Waals surface area contributed by atoms with Crippen LogP contribution >= 0.6 is 94.1 Å². The molecule has 0 N–H and O–H groups in total. The zero-order valence-corrected chi connectivity index (χ0v) is 23.2. The summed E-state index contributed by atoms with van der Waals surface area (Å²) in [5, 5.41) is 0. The summed E-state index contributed by atoms with van der Waals surface area (Å²) in [4.78, 5) is 4.82. The Morgan fingerprint density at radius 1 is 0.654 bits per heavy atom. The van der Waals surface area contributed by atoms with Crippen LogP contribution in [0.3, 0.4) is 0 Å². The van der Waals surface area contributed by atoms with Gasteiger partial charge in [-0.1, -0.05) is 0 Å². The molecule has 0 radical (unpaired) electrons. The quantitative estimate of drug-likeness (QED) is 0.301. The van der Waals surface area contributed by atoms with Crippen molar-refractivity contribution in [2.45, 2.75) is 0 Å². The number of hydrogen-bond donors (Lipinski definition) is 0. The van der Waals surface area contributed by atoms with Crippen LogP contribution in [0.2, 0.25) is 0 Å². The molecule has 5 heterocycles. The summed E-state index contributed by atoms with van der Waals surface area (Å²) >= 11 is 17.3. The summed E-state index contributed by atoms with van der Waals surface area (Å²) in [6.45, 7) is 0. The average Bonchev–Trinajstić information content (AvgIpc) is 3.39.